The van der Waals surface area contributed by atoms with Crippen LogP contribution in [0.25, 0.3) is 0 Å². The molecule has 0 unspecified atom stereocenters. The van der Waals surface area contributed by atoms with E-state index in [-0.39, 0.29) is 6.42 Å². The minimum Gasteiger partial charge on any atom is -0.273 e. The van der Waals surface area contributed by atoms with Crippen LogP contribution < -0.4 is 5.48 Å². The molecule has 1 aliphatic carbocycles. The van der Waals surface area contributed by atoms with Crippen molar-refractivity contribution in [2.45, 2.75) is 38.3 Å². The van der Waals surface area contributed by atoms with Gasteiger partial charge in [-0.15, -0.1) is 0 Å². The zero-order valence-electron chi connectivity index (χ0n) is 8.27. The largest absolute Gasteiger partial charge is 0.414 e. The number of halogens is 3. The Morgan fingerprint density at radius 1 is 1.33 bits per heavy atom. The molecule has 0 bridgehead atoms. The van der Waals surface area contributed by atoms with Crippen molar-refractivity contribution >= 4 is 5.91 Å². The van der Waals surface area contributed by atoms with Gasteiger partial charge < -0.3 is 0 Å². The predicted molar refractivity (Wildman–Crippen MR) is 46.7 cm³/mol. The fourth-order valence-electron chi connectivity index (χ4n) is 1.72. The minimum absolute atomic E-state index is 0.262. The molecule has 1 aliphatic rings. The summed E-state index contributed by atoms with van der Waals surface area (Å²) in [6, 6.07) is 0. The average molecular weight is 225 g/mol. The highest BCUT2D eigenvalue weighted by atomic mass is 19.4. The molecule has 3 nitrogen and oxygen atoms in total. The van der Waals surface area contributed by atoms with Gasteiger partial charge in [0.25, 0.3) is 0 Å². The van der Waals surface area contributed by atoms with Gasteiger partial charge in [-0.25, -0.2) is 5.48 Å². The smallest absolute Gasteiger partial charge is 0.273 e. The second-order valence-corrected chi connectivity index (χ2v) is 3.78. The van der Waals surface area contributed by atoms with Crippen LogP contribution in [-0.4, -0.2) is 18.7 Å². The molecule has 1 rings (SSSR count). The number of amides is 1. The zero-order chi connectivity index (χ0) is 11.3. The Morgan fingerprint density at radius 3 is 2.47 bits per heavy atom. The summed E-state index contributed by atoms with van der Waals surface area (Å²) in [5.74, 6) is -0.161. The van der Waals surface area contributed by atoms with Gasteiger partial charge in [0.15, 0.2) is 6.61 Å². The monoisotopic (exact) mass is 225 g/mol. The van der Waals surface area contributed by atoms with Crippen molar-refractivity contribution in [2.24, 2.45) is 5.92 Å². The Labute approximate surface area is 85.9 Å². The van der Waals surface area contributed by atoms with Crippen LogP contribution in [0, 0.1) is 5.92 Å². The number of rotatable bonds is 4. The van der Waals surface area contributed by atoms with Gasteiger partial charge in [0, 0.05) is 6.42 Å². The highest BCUT2D eigenvalue weighted by Gasteiger charge is 2.28. The van der Waals surface area contributed by atoms with Crippen LogP contribution in [0.4, 0.5) is 13.2 Å². The van der Waals surface area contributed by atoms with Gasteiger partial charge in [-0.05, 0) is 18.8 Å². The number of hydroxylamine groups is 1. The predicted octanol–water partition coefficient (Wildman–Crippen LogP) is 2.18. The first kappa shape index (κ1) is 12.3. The number of carbonyl (C=O) groups is 1. The third-order valence-corrected chi connectivity index (χ3v) is 2.37. The van der Waals surface area contributed by atoms with Crippen LogP contribution >= 0.6 is 0 Å². The molecular weight excluding hydrogens is 211 g/mol. The first-order valence-corrected chi connectivity index (χ1v) is 4.95. The Bertz CT molecular complexity index is 212. The number of hydrogen-bond acceptors (Lipinski definition) is 2. The Morgan fingerprint density at radius 2 is 1.93 bits per heavy atom. The van der Waals surface area contributed by atoms with Crippen molar-refractivity contribution in [1.29, 1.82) is 0 Å². The first-order chi connectivity index (χ1) is 6.97. The van der Waals surface area contributed by atoms with Crippen molar-refractivity contribution in [3.63, 3.8) is 0 Å². The van der Waals surface area contributed by atoms with E-state index in [2.05, 4.69) is 4.84 Å². The van der Waals surface area contributed by atoms with Gasteiger partial charge >= 0.3 is 6.18 Å². The SMILES string of the molecule is O=C(CC1CCCC1)NOCC(F)(F)F. The van der Waals surface area contributed by atoms with Crippen LogP contribution in [0.1, 0.15) is 32.1 Å². The van der Waals surface area contributed by atoms with E-state index in [9.17, 15) is 18.0 Å². The summed E-state index contributed by atoms with van der Waals surface area (Å²) < 4.78 is 34.9. The lowest BCUT2D eigenvalue weighted by atomic mass is 10.0. The Kier molecular flexibility index (Phi) is 4.38. The molecule has 88 valence electrons. The zero-order valence-corrected chi connectivity index (χ0v) is 8.27. The third-order valence-electron chi connectivity index (χ3n) is 2.37. The Hall–Kier alpha value is -0.780. The lowest BCUT2D eigenvalue weighted by Crippen LogP contribution is -2.30. The van der Waals surface area contributed by atoms with Crippen molar-refractivity contribution in [3.05, 3.63) is 0 Å². The highest BCUT2D eigenvalue weighted by Crippen LogP contribution is 2.27. The van der Waals surface area contributed by atoms with E-state index >= 15 is 0 Å². The van der Waals surface area contributed by atoms with Gasteiger partial charge in [-0.3, -0.25) is 9.63 Å². The number of carbonyl (C=O) groups excluding carboxylic acids is 1. The summed E-state index contributed by atoms with van der Waals surface area (Å²) in [5, 5.41) is 0. The number of nitrogens with one attached hydrogen (secondary N) is 1. The molecule has 0 radical (unpaired) electrons. The van der Waals surface area contributed by atoms with Crippen LogP contribution in [0.3, 0.4) is 0 Å². The lowest BCUT2D eigenvalue weighted by Gasteiger charge is -2.10. The standard InChI is InChI=1S/C9H14F3NO2/c10-9(11,12)6-15-13-8(14)5-7-3-1-2-4-7/h7H,1-6H2,(H,13,14). The maximum absolute atomic E-state index is 11.6. The van der Waals surface area contributed by atoms with Crippen LogP contribution in [0.15, 0.2) is 0 Å². The summed E-state index contributed by atoms with van der Waals surface area (Å²) in [6.45, 7) is -1.44. The minimum atomic E-state index is -4.40. The van der Waals surface area contributed by atoms with Gasteiger partial charge in [0.1, 0.15) is 0 Å². The maximum atomic E-state index is 11.6. The third kappa shape index (κ3) is 5.61. The molecule has 6 heteroatoms. The lowest BCUT2D eigenvalue weighted by molar-refractivity contribution is -0.191. The summed E-state index contributed by atoms with van der Waals surface area (Å²) >= 11 is 0. The topological polar surface area (TPSA) is 38.3 Å². The van der Waals surface area contributed by atoms with Gasteiger partial charge in [-0.2, -0.15) is 13.2 Å². The second kappa shape index (κ2) is 5.34. The second-order valence-electron chi connectivity index (χ2n) is 3.78. The molecule has 0 saturated heterocycles. The van der Waals surface area contributed by atoms with E-state index in [1.54, 1.807) is 0 Å². The highest BCUT2D eigenvalue weighted by molar-refractivity contribution is 5.75. The molecular formula is C9H14F3NO2. The molecule has 1 fully saturated rings. The fourth-order valence-corrected chi connectivity index (χ4v) is 1.72. The van der Waals surface area contributed by atoms with E-state index in [4.69, 9.17) is 0 Å². The molecule has 0 aromatic carbocycles. The molecule has 0 aromatic rings. The maximum Gasteiger partial charge on any atom is 0.414 e. The molecule has 0 aromatic heterocycles. The summed E-state index contributed by atoms with van der Waals surface area (Å²) in [6.07, 6.45) is 0.0145. The van der Waals surface area contributed by atoms with Crippen molar-refractivity contribution in [3.8, 4) is 0 Å². The molecule has 0 spiro atoms. The van der Waals surface area contributed by atoms with E-state index in [1.165, 1.54) is 0 Å². The summed E-state index contributed by atoms with van der Waals surface area (Å²) in [4.78, 5) is 15.1. The van der Waals surface area contributed by atoms with E-state index in [0.29, 0.717) is 5.92 Å². The summed E-state index contributed by atoms with van der Waals surface area (Å²) in [5.41, 5.74) is 1.81. The average Bonchev–Trinajstić information content (AvgIpc) is 2.54. The van der Waals surface area contributed by atoms with Crippen molar-refractivity contribution in [2.75, 3.05) is 6.61 Å². The van der Waals surface area contributed by atoms with Gasteiger partial charge in [-0.1, -0.05) is 12.8 Å². The van der Waals surface area contributed by atoms with Gasteiger partial charge in [0.05, 0.1) is 0 Å². The van der Waals surface area contributed by atoms with E-state index < -0.39 is 18.7 Å². The quantitative estimate of drug-likeness (QED) is 0.745. The van der Waals surface area contributed by atoms with Crippen LogP contribution in [0.2, 0.25) is 0 Å². The fraction of sp³-hybridized carbons (Fsp3) is 0.889. The molecule has 15 heavy (non-hydrogen) atoms. The van der Waals surface area contributed by atoms with Crippen molar-refractivity contribution < 1.29 is 22.8 Å². The van der Waals surface area contributed by atoms with Crippen molar-refractivity contribution in [1.82, 2.24) is 5.48 Å². The Balaban J connectivity index is 2.08. The molecule has 0 aliphatic heterocycles. The molecule has 0 atom stereocenters. The normalized spacial score (nSPS) is 18.1. The molecule has 1 N–H and O–H groups in total. The van der Waals surface area contributed by atoms with Gasteiger partial charge in [0.2, 0.25) is 5.91 Å². The number of alkyl halides is 3. The number of hydrogen-bond donors (Lipinski definition) is 1. The molecule has 1 amide bonds. The van der Waals surface area contributed by atoms with E-state index in [0.717, 1.165) is 25.7 Å². The van der Waals surface area contributed by atoms with Crippen LogP contribution in [0.5, 0.6) is 0 Å². The van der Waals surface area contributed by atoms with Crippen LogP contribution in [-0.2, 0) is 9.63 Å². The van der Waals surface area contributed by atoms with E-state index in [1.807, 2.05) is 5.48 Å². The first-order valence-electron chi connectivity index (χ1n) is 4.95. The molecule has 1 saturated carbocycles. The molecule has 0 heterocycles. The summed E-state index contributed by atoms with van der Waals surface area (Å²) in [7, 11) is 0.